The topological polar surface area (TPSA) is 237 Å². The lowest BCUT2D eigenvalue weighted by Gasteiger charge is -2.26. The number of nitrogens with one attached hydrogen (secondary N) is 4. The number of H-pyrrole nitrogens is 1. The van der Waals surface area contributed by atoms with E-state index in [1.807, 2.05) is 6.92 Å². The Hall–Kier alpha value is -4.46. The number of amides is 3. The van der Waals surface area contributed by atoms with Crippen LogP contribution in [0.2, 0.25) is 0 Å². The third-order valence-electron chi connectivity index (χ3n) is 6.44. The summed E-state index contributed by atoms with van der Waals surface area (Å²) in [7, 11) is 0. The van der Waals surface area contributed by atoms with Crippen molar-refractivity contribution in [2.75, 3.05) is 0 Å². The molecule has 0 aliphatic rings. The van der Waals surface area contributed by atoms with E-state index < -0.39 is 60.2 Å². The summed E-state index contributed by atoms with van der Waals surface area (Å²) in [5.41, 5.74) is 6.96. The predicted molar refractivity (Wildman–Crippen MR) is 142 cm³/mol. The first-order valence-corrected chi connectivity index (χ1v) is 12.8. The summed E-state index contributed by atoms with van der Waals surface area (Å²) in [6.07, 6.45) is 2.45. The van der Waals surface area contributed by atoms with Gasteiger partial charge in [-0.25, -0.2) is 9.78 Å². The van der Waals surface area contributed by atoms with Gasteiger partial charge in [-0.15, -0.1) is 0 Å². The highest BCUT2D eigenvalue weighted by molar-refractivity contribution is 5.94. The highest BCUT2D eigenvalue weighted by Gasteiger charge is 2.31. The molecule has 14 nitrogen and oxygen atoms in total. The van der Waals surface area contributed by atoms with Crippen molar-refractivity contribution in [1.29, 1.82) is 0 Å². The Morgan fingerprint density at radius 3 is 2.08 bits per heavy atom. The standard InChI is InChI=1S/C26H36N6O8/c1-3-14(2)22(27)25(38)30-18(8-9-21(34)35)23(36)31-19(10-15-4-6-17(33)7-5-15)24(37)32-20(26(39)40)11-16-12-28-13-29-16/h4-7,12-14,18-20,22,33H,3,8-11,27H2,1-2H3,(H,28,29)(H,30,38)(H,31,36)(H,32,37)(H,34,35)(H,39,40). The Bertz CT molecular complexity index is 1150. The number of aromatic hydroxyl groups is 1. The summed E-state index contributed by atoms with van der Waals surface area (Å²) in [4.78, 5) is 68.9. The van der Waals surface area contributed by atoms with E-state index in [2.05, 4.69) is 25.9 Å². The van der Waals surface area contributed by atoms with Crippen LogP contribution in [0.15, 0.2) is 36.8 Å². The minimum absolute atomic E-state index is 0.0200. The third kappa shape index (κ3) is 10.0. The van der Waals surface area contributed by atoms with Crippen molar-refractivity contribution in [2.24, 2.45) is 11.7 Å². The molecule has 0 spiro atoms. The molecular formula is C26H36N6O8. The number of aromatic nitrogens is 2. The molecule has 2 aromatic rings. The number of hydrogen-bond donors (Lipinski definition) is 8. The average molecular weight is 561 g/mol. The molecular weight excluding hydrogens is 524 g/mol. The van der Waals surface area contributed by atoms with E-state index in [0.29, 0.717) is 17.7 Å². The minimum atomic E-state index is -1.36. The maximum Gasteiger partial charge on any atom is 0.326 e. The second kappa shape index (κ2) is 15.2. The molecule has 9 N–H and O–H groups in total. The highest BCUT2D eigenvalue weighted by atomic mass is 16.4. The summed E-state index contributed by atoms with van der Waals surface area (Å²) < 4.78 is 0. The number of carbonyl (C=O) groups is 5. The summed E-state index contributed by atoms with van der Waals surface area (Å²) >= 11 is 0. The zero-order valence-corrected chi connectivity index (χ0v) is 22.3. The van der Waals surface area contributed by atoms with Crippen molar-refractivity contribution in [3.8, 4) is 5.75 Å². The van der Waals surface area contributed by atoms with Crippen LogP contribution in [-0.2, 0) is 36.8 Å². The number of carboxylic acid groups (broad SMARTS) is 2. The van der Waals surface area contributed by atoms with Crippen molar-refractivity contribution >= 4 is 29.7 Å². The number of carbonyl (C=O) groups excluding carboxylic acids is 3. The van der Waals surface area contributed by atoms with Crippen molar-refractivity contribution in [1.82, 2.24) is 25.9 Å². The molecule has 0 bridgehead atoms. The quantitative estimate of drug-likeness (QED) is 0.133. The van der Waals surface area contributed by atoms with Gasteiger partial charge in [0.05, 0.1) is 12.4 Å². The van der Waals surface area contributed by atoms with Gasteiger partial charge in [0.25, 0.3) is 0 Å². The lowest BCUT2D eigenvalue weighted by molar-refractivity contribution is -0.142. The first-order valence-electron chi connectivity index (χ1n) is 12.8. The predicted octanol–water partition coefficient (Wildman–Crippen LogP) is -0.322. The van der Waals surface area contributed by atoms with Crippen LogP contribution in [0.3, 0.4) is 0 Å². The third-order valence-corrected chi connectivity index (χ3v) is 6.44. The molecule has 0 aliphatic heterocycles. The maximum absolute atomic E-state index is 13.3. The van der Waals surface area contributed by atoms with Gasteiger partial charge < -0.3 is 42.0 Å². The number of aliphatic carboxylic acids is 2. The molecule has 5 atom stereocenters. The molecule has 5 unspecified atom stereocenters. The Kier molecular flexibility index (Phi) is 12.1. The number of aromatic amines is 1. The Labute approximate surface area is 230 Å². The van der Waals surface area contributed by atoms with Gasteiger partial charge in [-0.1, -0.05) is 32.4 Å². The van der Waals surface area contributed by atoms with Crippen molar-refractivity contribution in [2.45, 2.75) is 70.1 Å². The number of phenolic OH excluding ortho intramolecular Hbond substituents is 1. The van der Waals surface area contributed by atoms with Crippen molar-refractivity contribution < 1.29 is 39.3 Å². The van der Waals surface area contributed by atoms with E-state index in [1.165, 1.54) is 36.8 Å². The zero-order chi connectivity index (χ0) is 29.8. The molecule has 0 saturated heterocycles. The lowest BCUT2D eigenvalue weighted by Crippen LogP contribution is -2.58. The smallest absolute Gasteiger partial charge is 0.326 e. The van der Waals surface area contributed by atoms with Gasteiger partial charge in [-0.2, -0.15) is 0 Å². The number of imidazole rings is 1. The summed E-state index contributed by atoms with van der Waals surface area (Å²) in [6, 6.07) is 0.879. The minimum Gasteiger partial charge on any atom is -0.508 e. The molecule has 1 aromatic carbocycles. The SMILES string of the molecule is CCC(C)C(N)C(=O)NC(CCC(=O)O)C(=O)NC(Cc1ccc(O)cc1)C(=O)NC(Cc1cnc[nH]1)C(=O)O. The molecule has 1 aromatic heterocycles. The number of phenols is 1. The second-order valence-corrected chi connectivity index (χ2v) is 9.52. The van der Waals surface area contributed by atoms with E-state index >= 15 is 0 Å². The fourth-order valence-electron chi connectivity index (χ4n) is 3.75. The molecule has 0 radical (unpaired) electrons. The molecule has 14 heteroatoms. The van der Waals surface area contributed by atoms with Crippen LogP contribution < -0.4 is 21.7 Å². The van der Waals surface area contributed by atoms with Crippen LogP contribution in [0.4, 0.5) is 0 Å². The molecule has 0 aliphatic carbocycles. The van der Waals surface area contributed by atoms with Gasteiger partial charge in [0, 0.05) is 31.2 Å². The number of nitrogens with zero attached hydrogens (tertiary/aromatic N) is 1. The fraction of sp³-hybridized carbons (Fsp3) is 0.462. The maximum atomic E-state index is 13.3. The van der Waals surface area contributed by atoms with Gasteiger partial charge in [0.15, 0.2) is 0 Å². The normalized spacial score (nSPS) is 14.7. The van der Waals surface area contributed by atoms with Crippen LogP contribution in [0, 0.1) is 5.92 Å². The monoisotopic (exact) mass is 560 g/mol. The summed E-state index contributed by atoms with van der Waals surface area (Å²) in [5.74, 6) is -5.06. The van der Waals surface area contributed by atoms with Crippen LogP contribution in [-0.4, -0.2) is 79.1 Å². The van der Waals surface area contributed by atoms with Gasteiger partial charge in [-0.05, 0) is 30.0 Å². The molecule has 2 rings (SSSR count). The molecule has 0 fully saturated rings. The molecule has 218 valence electrons. The second-order valence-electron chi connectivity index (χ2n) is 9.52. The van der Waals surface area contributed by atoms with Crippen LogP contribution >= 0.6 is 0 Å². The molecule has 1 heterocycles. The van der Waals surface area contributed by atoms with E-state index in [0.717, 1.165) is 0 Å². The average Bonchev–Trinajstić information content (AvgIpc) is 3.43. The summed E-state index contributed by atoms with van der Waals surface area (Å²) in [6.45, 7) is 3.60. The number of rotatable bonds is 16. The number of hydrogen-bond acceptors (Lipinski definition) is 8. The molecule has 3 amide bonds. The van der Waals surface area contributed by atoms with Crippen LogP contribution in [0.25, 0.3) is 0 Å². The number of benzene rings is 1. The Balaban J connectivity index is 2.28. The summed E-state index contributed by atoms with van der Waals surface area (Å²) in [5, 5.41) is 35.8. The van der Waals surface area contributed by atoms with Gasteiger partial charge in [0.1, 0.15) is 23.9 Å². The van der Waals surface area contributed by atoms with Crippen molar-refractivity contribution in [3.05, 3.63) is 48.0 Å². The first-order chi connectivity index (χ1) is 18.9. The molecule has 40 heavy (non-hydrogen) atoms. The Morgan fingerprint density at radius 1 is 0.925 bits per heavy atom. The lowest BCUT2D eigenvalue weighted by atomic mass is 9.98. The van der Waals surface area contributed by atoms with Gasteiger partial charge in [-0.3, -0.25) is 19.2 Å². The number of carboxylic acids is 2. The van der Waals surface area contributed by atoms with E-state index in [1.54, 1.807) is 6.92 Å². The zero-order valence-electron chi connectivity index (χ0n) is 22.3. The fourth-order valence-corrected chi connectivity index (χ4v) is 3.75. The van der Waals surface area contributed by atoms with Gasteiger partial charge >= 0.3 is 11.9 Å². The van der Waals surface area contributed by atoms with E-state index in [4.69, 9.17) is 10.8 Å². The van der Waals surface area contributed by atoms with Gasteiger partial charge in [0.2, 0.25) is 17.7 Å². The van der Waals surface area contributed by atoms with E-state index in [-0.39, 0.29) is 30.9 Å². The largest absolute Gasteiger partial charge is 0.508 e. The van der Waals surface area contributed by atoms with Crippen LogP contribution in [0.1, 0.15) is 44.4 Å². The van der Waals surface area contributed by atoms with E-state index in [9.17, 15) is 34.2 Å². The number of nitrogens with two attached hydrogens (primary N) is 1. The Morgan fingerprint density at radius 2 is 1.52 bits per heavy atom. The highest BCUT2D eigenvalue weighted by Crippen LogP contribution is 2.13. The first kappa shape index (κ1) is 31.8. The van der Waals surface area contributed by atoms with Crippen LogP contribution in [0.5, 0.6) is 5.75 Å². The van der Waals surface area contributed by atoms with Crippen molar-refractivity contribution in [3.63, 3.8) is 0 Å². The molecule has 0 saturated carbocycles.